The minimum absolute atomic E-state index is 0.0909. The minimum atomic E-state index is -1.39. The van der Waals surface area contributed by atoms with Gasteiger partial charge in [0.2, 0.25) is 5.91 Å². The van der Waals surface area contributed by atoms with E-state index in [4.69, 9.17) is 51.7 Å². The Kier molecular flexibility index (Phi) is 5.60. The molecule has 0 bridgehead atoms. The molecule has 31 heavy (non-hydrogen) atoms. The predicted molar refractivity (Wildman–Crippen MR) is 117 cm³/mol. The van der Waals surface area contributed by atoms with Crippen LogP contribution in [0.4, 0.5) is 10.1 Å². The highest BCUT2D eigenvalue weighted by Gasteiger charge is 2.67. The zero-order valence-corrected chi connectivity index (χ0v) is 18.7. The molecule has 2 aliphatic rings. The summed E-state index contributed by atoms with van der Waals surface area (Å²) in [6.07, 6.45) is 1.15. The van der Waals surface area contributed by atoms with Gasteiger partial charge in [-0.05, 0) is 48.7 Å². The molecule has 10 heteroatoms. The molecular formula is C21H14Cl4FN3O2. The first-order chi connectivity index (χ1) is 14.6. The number of hydrogen-bond donors (Lipinski definition) is 2. The molecule has 2 aromatic rings. The number of benzene rings is 2. The molecule has 2 aromatic carbocycles. The van der Waals surface area contributed by atoms with Crippen LogP contribution in [-0.4, -0.2) is 21.7 Å². The second kappa shape index (κ2) is 7.83. The van der Waals surface area contributed by atoms with E-state index >= 15 is 0 Å². The number of carbonyl (C=O) groups is 2. The summed E-state index contributed by atoms with van der Waals surface area (Å²) in [5.74, 6) is -2.94. The van der Waals surface area contributed by atoms with Crippen LogP contribution in [0.25, 0.3) is 0 Å². The molecule has 5 nitrogen and oxygen atoms in total. The summed E-state index contributed by atoms with van der Waals surface area (Å²) in [6, 6.07) is 10.5. The van der Waals surface area contributed by atoms with Crippen molar-refractivity contribution in [1.82, 2.24) is 5.32 Å². The second-order valence-electron chi connectivity index (χ2n) is 7.64. The van der Waals surface area contributed by atoms with E-state index in [0.717, 1.165) is 0 Å². The van der Waals surface area contributed by atoms with E-state index in [9.17, 15) is 14.0 Å². The van der Waals surface area contributed by atoms with E-state index in [1.54, 1.807) is 0 Å². The highest BCUT2D eigenvalue weighted by atomic mass is 35.5. The highest BCUT2D eigenvalue weighted by molar-refractivity contribution is 6.53. The Morgan fingerprint density at radius 2 is 1.81 bits per heavy atom. The Bertz CT molecular complexity index is 1140. The zero-order valence-electron chi connectivity index (χ0n) is 15.7. The first-order valence-corrected chi connectivity index (χ1v) is 10.8. The van der Waals surface area contributed by atoms with Gasteiger partial charge in [-0.2, -0.15) is 5.26 Å². The molecule has 2 amide bonds. The molecule has 0 aromatic heterocycles. The van der Waals surface area contributed by atoms with Crippen molar-refractivity contribution in [2.75, 3.05) is 5.32 Å². The number of carbonyl (C=O) groups excluding carboxylic acids is 2. The zero-order chi connectivity index (χ0) is 22.6. The summed E-state index contributed by atoms with van der Waals surface area (Å²) >= 11 is 24.6. The quantitative estimate of drug-likeness (QED) is 0.536. The van der Waals surface area contributed by atoms with Gasteiger partial charge in [-0.3, -0.25) is 9.59 Å². The summed E-state index contributed by atoms with van der Waals surface area (Å²) < 4.78 is 12.1. The van der Waals surface area contributed by atoms with Crippen molar-refractivity contribution in [3.63, 3.8) is 0 Å². The molecule has 160 valence electrons. The van der Waals surface area contributed by atoms with Crippen molar-refractivity contribution in [1.29, 1.82) is 5.26 Å². The van der Waals surface area contributed by atoms with Crippen LogP contribution in [-0.2, 0) is 4.79 Å². The van der Waals surface area contributed by atoms with Gasteiger partial charge < -0.3 is 10.6 Å². The van der Waals surface area contributed by atoms with Crippen LogP contribution in [0.15, 0.2) is 36.4 Å². The number of anilines is 1. The number of alkyl halides is 2. The summed E-state index contributed by atoms with van der Waals surface area (Å²) in [5.41, 5.74) is 0.127. The molecule has 0 aliphatic heterocycles. The van der Waals surface area contributed by atoms with Gasteiger partial charge >= 0.3 is 0 Å². The lowest BCUT2D eigenvalue weighted by Crippen LogP contribution is -2.35. The molecule has 4 rings (SSSR count). The molecule has 0 unspecified atom stereocenters. The number of nitrogens with zero attached hydrogens (tertiary/aromatic N) is 1. The number of rotatable bonds is 5. The van der Waals surface area contributed by atoms with Gasteiger partial charge in [-0.25, -0.2) is 4.39 Å². The second-order valence-corrected chi connectivity index (χ2v) is 9.89. The average molecular weight is 501 g/mol. The Morgan fingerprint density at radius 3 is 2.42 bits per heavy atom. The van der Waals surface area contributed by atoms with Gasteiger partial charge in [-0.1, -0.05) is 29.3 Å². The molecule has 2 aliphatic carbocycles. The van der Waals surface area contributed by atoms with E-state index in [-0.39, 0.29) is 15.6 Å². The maximum atomic E-state index is 13.4. The number of amides is 2. The van der Waals surface area contributed by atoms with Crippen molar-refractivity contribution >= 4 is 63.9 Å². The van der Waals surface area contributed by atoms with Crippen LogP contribution < -0.4 is 10.6 Å². The smallest absolute Gasteiger partial charge is 0.254 e. The van der Waals surface area contributed by atoms with Crippen molar-refractivity contribution in [3.05, 3.63) is 63.4 Å². The van der Waals surface area contributed by atoms with Gasteiger partial charge in [0, 0.05) is 11.6 Å². The largest absolute Gasteiger partial charge is 0.334 e. The number of hydrogen-bond acceptors (Lipinski definition) is 3. The third-order valence-electron chi connectivity index (χ3n) is 5.43. The van der Waals surface area contributed by atoms with Crippen LogP contribution in [0.3, 0.4) is 0 Å². The van der Waals surface area contributed by atoms with Gasteiger partial charge in [0.25, 0.3) is 5.91 Å². The fraction of sp³-hybridized carbons (Fsp3) is 0.286. The van der Waals surface area contributed by atoms with Crippen LogP contribution in [0.2, 0.25) is 10.0 Å². The van der Waals surface area contributed by atoms with Crippen LogP contribution in [0, 0.1) is 23.1 Å². The molecule has 2 N–H and O–H groups in total. The van der Waals surface area contributed by atoms with Crippen molar-refractivity contribution < 1.29 is 14.0 Å². The van der Waals surface area contributed by atoms with E-state index < -0.39 is 39.3 Å². The Balaban J connectivity index is 1.50. The summed E-state index contributed by atoms with van der Waals surface area (Å²) in [7, 11) is 0. The fourth-order valence-electron chi connectivity index (χ4n) is 3.44. The van der Waals surface area contributed by atoms with Crippen molar-refractivity contribution in [2.45, 2.75) is 28.6 Å². The number of nitrogens with one attached hydrogen (secondary N) is 2. The van der Waals surface area contributed by atoms with Crippen molar-refractivity contribution in [2.24, 2.45) is 5.92 Å². The topological polar surface area (TPSA) is 82.0 Å². The Morgan fingerprint density at radius 1 is 1.10 bits per heavy atom. The molecule has 2 atom stereocenters. The van der Waals surface area contributed by atoms with E-state index in [1.165, 1.54) is 36.4 Å². The van der Waals surface area contributed by atoms with E-state index in [0.29, 0.717) is 24.1 Å². The fourth-order valence-corrected chi connectivity index (χ4v) is 4.67. The SMILES string of the molecule is N#CC1(NC(=O)c2cc(NC(=O)[C@H]3[C@H](c4ccc(F)c(Cl)c4)C3(Cl)Cl)ccc2Cl)CC1. The molecule has 0 radical (unpaired) electrons. The van der Waals surface area contributed by atoms with E-state index in [2.05, 4.69) is 16.7 Å². The highest BCUT2D eigenvalue weighted by Crippen LogP contribution is 2.65. The van der Waals surface area contributed by atoms with Crippen LogP contribution >= 0.6 is 46.4 Å². The molecule has 0 saturated heterocycles. The molecule has 0 spiro atoms. The lowest BCUT2D eigenvalue weighted by Gasteiger charge is -2.12. The van der Waals surface area contributed by atoms with Gasteiger partial charge in [0.1, 0.15) is 15.7 Å². The maximum Gasteiger partial charge on any atom is 0.254 e. The third kappa shape index (κ3) is 4.20. The normalized spacial score (nSPS) is 22.2. The molecule has 2 fully saturated rings. The number of halogens is 5. The van der Waals surface area contributed by atoms with Crippen LogP contribution in [0.5, 0.6) is 0 Å². The summed E-state index contributed by atoms with van der Waals surface area (Å²) in [4.78, 5) is 25.3. The minimum Gasteiger partial charge on any atom is -0.334 e. The monoisotopic (exact) mass is 499 g/mol. The Labute approximate surface area is 197 Å². The average Bonchev–Trinajstić information content (AvgIpc) is 3.60. The van der Waals surface area contributed by atoms with E-state index in [1.807, 2.05) is 0 Å². The van der Waals surface area contributed by atoms with Gasteiger partial charge in [-0.15, -0.1) is 23.2 Å². The lowest BCUT2D eigenvalue weighted by molar-refractivity contribution is -0.117. The van der Waals surface area contributed by atoms with Crippen molar-refractivity contribution in [3.8, 4) is 6.07 Å². The molecule has 2 saturated carbocycles. The standard InChI is InChI=1S/C21H14Cl4FN3O2/c22-13-3-2-11(8-12(13)18(30)29-20(9-27)5-6-20)28-19(31)17-16(21(17,24)25)10-1-4-15(26)14(23)7-10/h1-4,7-8,16-17H,5-6H2,(H,28,31)(H,29,30)/t16-,17+/m0/s1. The van der Waals surface area contributed by atoms with Crippen LogP contribution in [0.1, 0.15) is 34.7 Å². The first-order valence-electron chi connectivity index (χ1n) is 9.25. The molecular weight excluding hydrogens is 487 g/mol. The Hall–Kier alpha value is -2.04. The predicted octanol–water partition coefficient (Wildman–Crippen LogP) is 5.44. The lowest BCUT2D eigenvalue weighted by atomic mass is 10.1. The van der Waals surface area contributed by atoms with Gasteiger partial charge in [0.05, 0.1) is 27.6 Å². The summed E-state index contributed by atoms with van der Waals surface area (Å²) in [6.45, 7) is 0. The third-order valence-corrected chi connectivity index (χ3v) is 6.99. The molecule has 0 heterocycles. The summed E-state index contributed by atoms with van der Waals surface area (Å²) in [5, 5.41) is 14.6. The maximum absolute atomic E-state index is 13.4. The first kappa shape index (κ1) is 22.2. The van der Waals surface area contributed by atoms with Gasteiger partial charge in [0.15, 0.2) is 0 Å². The number of nitriles is 1.